The highest BCUT2D eigenvalue weighted by Gasteiger charge is 2.23. The number of anilines is 1. The van der Waals surface area contributed by atoms with Crippen LogP contribution >= 0.6 is 34.7 Å². The lowest BCUT2D eigenvalue weighted by Crippen LogP contribution is -2.19. The van der Waals surface area contributed by atoms with E-state index in [-0.39, 0.29) is 22.9 Å². The fourth-order valence-electron chi connectivity index (χ4n) is 2.76. The first-order valence-corrected chi connectivity index (χ1v) is 11.2. The van der Waals surface area contributed by atoms with Crippen LogP contribution in [0, 0.1) is 0 Å². The molecule has 1 amide bonds. The molecule has 0 aliphatic rings. The number of esters is 1. The molecular formula is C19H19ClN4O4S2. The number of hydrogen-bond donors (Lipinski definition) is 2. The summed E-state index contributed by atoms with van der Waals surface area (Å²) in [5.41, 5.74) is 1.20. The Morgan fingerprint density at radius 3 is 2.80 bits per heavy atom. The van der Waals surface area contributed by atoms with Crippen LogP contribution in [0.5, 0.6) is 0 Å². The van der Waals surface area contributed by atoms with Gasteiger partial charge in [0, 0.05) is 28.1 Å². The molecule has 2 N–H and O–H groups in total. The summed E-state index contributed by atoms with van der Waals surface area (Å²) in [7, 11) is 1.28. The number of ether oxygens (including phenoxy) is 1. The molecule has 158 valence electrons. The van der Waals surface area contributed by atoms with Crippen molar-refractivity contribution in [3.63, 3.8) is 0 Å². The van der Waals surface area contributed by atoms with Gasteiger partial charge < -0.3 is 10.1 Å². The number of carbonyl (C=O) groups is 2. The third-order valence-corrected chi connectivity index (χ3v) is 6.30. The molecular weight excluding hydrogens is 448 g/mol. The molecule has 0 aliphatic carbocycles. The van der Waals surface area contributed by atoms with Crippen LogP contribution in [0.2, 0.25) is 5.02 Å². The molecule has 0 saturated carbocycles. The molecule has 8 nitrogen and oxygen atoms in total. The van der Waals surface area contributed by atoms with E-state index in [4.69, 9.17) is 16.3 Å². The highest BCUT2D eigenvalue weighted by atomic mass is 35.5. The number of hydrogen-bond acceptors (Lipinski definition) is 7. The van der Waals surface area contributed by atoms with Crippen molar-refractivity contribution in [2.24, 2.45) is 0 Å². The molecule has 0 aliphatic heterocycles. The Bertz CT molecular complexity index is 1120. The minimum atomic E-state index is -0.571. The van der Waals surface area contributed by atoms with E-state index >= 15 is 0 Å². The third-order valence-electron chi connectivity index (χ3n) is 4.10. The van der Waals surface area contributed by atoms with Crippen LogP contribution in [0.15, 0.2) is 39.6 Å². The van der Waals surface area contributed by atoms with Crippen molar-refractivity contribution in [2.45, 2.75) is 25.0 Å². The number of amides is 1. The van der Waals surface area contributed by atoms with Gasteiger partial charge in [0.05, 0.1) is 12.9 Å². The first kappa shape index (κ1) is 22.1. The fraction of sp³-hybridized carbons (Fsp3) is 0.263. The molecule has 2 aromatic heterocycles. The van der Waals surface area contributed by atoms with Gasteiger partial charge >= 0.3 is 11.7 Å². The minimum absolute atomic E-state index is 0.0218. The zero-order valence-corrected chi connectivity index (χ0v) is 18.6. The Labute approximate surface area is 185 Å². The SMILES string of the molecule is CCCn1c(SCC(=O)Nc2scc(-c3ccccc3Cl)c2C(=O)OC)n[nH]c1=O. The Morgan fingerprint density at radius 2 is 2.10 bits per heavy atom. The van der Waals surface area contributed by atoms with Crippen LogP contribution in [-0.4, -0.2) is 39.5 Å². The van der Waals surface area contributed by atoms with E-state index in [1.165, 1.54) is 23.0 Å². The molecule has 0 unspecified atom stereocenters. The molecule has 0 saturated heterocycles. The van der Waals surface area contributed by atoms with Gasteiger partial charge in [0.2, 0.25) is 5.91 Å². The Balaban J connectivity index is 1.80. The van der Waals surface area contributed by atoms with E-state index in [1.54, 1.807) is 23.6 Å². The van der Waals surface area contributed by atoms with Crippen molar-refractivity contribution in [2.75, 3.05) is 18.2 Å². The number of benzene rings is 1. The third kappa shape index (κ3) is 4.77. The van der Waals surface area contributed by atoms with E-state index in [9.17, 15) is 14.4 Å². The molecule has 3 aromatic rings. The standard InChI is InChI=1S/C19H19ClN4O4S2/c1-3-8-24-18(27)22-23-19(24)30-10-14(25)21-16-15(17(26)28-2)12(9-29-16)11-6-4-5-7-13(11)20/h4-7,9H,3,8,10H2,1-2H3,(H,21,25)(H,22,27). The van der Waals surface area contributed by atoms with Crippen LogP contribution in [-0.2, 0) is 16.1 Å². The number of thiophene rings is 1. The van der Waals surface area contributed by atoms with Crippen LogP contribution in [0.25, 0.3) is 11.1 Å². The molecule has 0 radical (unpaired) electrons. The van der Waals surface area contributed by atoms with Gasteiger partial charge in [-0.25, -0.2) is 14.7 Å². The van der Waals surface area contributed by atoms with E-state index in [0.717, 1.165) is 18.2 Å². The van der Waals surface area contributed by atoms with Gasteiger partial charge in [0.15, 0.2) is 5.16 Å². The van der Waals surface area contributed by atoms with E-state index in [1.807, 2.05) is 13.0 Å². The summed E-state index contributed by atoms with van der Waals surface area (Å²) in [5, 5.41) is 12.1. The summed E-state index contributed by atoms with van der Waals surface area (Å²) in [5.74, 6) is -0.886. The zero-order valence-electron chi connectivity index (χ0n) is 16.2. The number of aromatic nitrogens is 3. The van der Waals surface area contributed by atoms with Crippen LogP contribution in [0.4, 0.5) is 5.00 Å². The molecule has 30 heavy (non-hydrogen) atoms. The maximum absolute atomic E-state index is 12.5. The summed E-state index contributed by atoms with van der Waals surface area (Å²) in [6, 6.07) is 7.13. The number of methoxy groups -OCH3 is 1. The lowest BCUT2D eigenvalue weighted by molar-refractivity contribution is -0.113. The maximum atomic E-state index is 12.5. The maximum Gasteiger partial charge on any atom is 0.343 e. The second-order valence-corrected chi connectivity index (χ2v) is 8.35. The number of aromatic amines is 1. The molecule has 3 rings (SSSR count). The molecule has 0 bridgehead atoms. The number of nitrogens with one attached hydrogen (secondary N) is 2. The van der Waals surface area contributed by atoms with E-state index < -0.39 is 5.97 Å². The first-order valence-electron chi connectivity index (χ1n) is 8.98. The van der Waals surface area contributed by atoms with E-state index in [2.05, 4.69) is 15.5 Å². The average Bonchev–Trinajstić information content (AvgIpc) is 3.30. The Kier molecular flexibility index (Phi) is 7.35. The smallest absolute Gasteiger partial charge is 0.343 e. The summed E-state index contributed by atoms with van der Waals surface area (Å²) < 4.78 is 6.39. The molecule has 1 aromatic carbocycles. The topological polar surface area (TPSA) is 106 Å². The molecule has 0 fully saturated rings. The van der Waals surface area contributed by atoms with Gasteiger partial charge in [0.1, 0.15) is 10.6 Å². The quantitative estimate of drug-likeness (QED) is 0.385. The normalized spacial score (nSPS) is 10.8. The lowest BCUT2D eigenvalue weighted by Gasteiger charge is -2.09. The van der Waals surface area contributed by atoms with Crippen molar-refractivity contribution < 1.29 is 14.3 Å². The molecule has 11 heteroatoms. The lowest BCUT2D eigenvalue weighted by atomic mass is 10.0. The van der Waals surface area contributed by atoms with Crippen LogP contribution in [0.3, 0.4) is 0 Å². The number of halogens is 1. The van der Waals surface area contributed by atoms with Crippen molar-refractivity contribution >= 4 is 51.6 Å². The van der Waals surface area contributed by atoms with Crippen molar-refractivity contribution in [3.05, 3.63) is 50.7 Å². The molecule has 0 spiro atoms. The van der Waals surface area contributed by atoms with E-state index in [0.29, 0.717) is 32.9 Å². The highest BCUT2D eigenvalue weighted by molar-refractivity contribution is 7.99. The summed E-state index contributed by atoms with van der Waals surface area (Å²) >= 11 is 8.63. The number of carbonyl (C=O) groups excluding carboxylic acids is 2. The zero-order chi connectivity index (χ0) is 21.7. The van der Waals surface area contributed by atoms with Crippen molar-refractivity contribution in [1.29, 1.82) is 0 Å². The predicted octanol–water partition coefficient (Wildman–Crippen LogP) is 3.88. The number of thioether (sulfide) groups is 1. The average molecular weight is 467 g/mol. The summed E-state index contributed by atoms with van der Waals surface area (Å²) in [6.07, 6.45) is 0.766. The van der Waals surface area contributed by atoms with Gasteiger partial charge in [-0.1, -0.05) is 48.5 Å². The fourth-order valence-corrected chi connectivity index (χ4v) is 4.73. The van der Waals surface area contributed by atoms with Crippen LogP contribution in [0.1, 0.15) is 23.7 Å². The van der Waals surface area contributed by atoms with Crippen LogP contribution < -0.4 is 11.0 Å². The first-order chi connectivity index (χ1) is 14.5. The minimum Gasteiger partial charge on any atom is -0.465 e. The Morgan fingerprint density at radius 1 is 1.33 bits per heavy atom. The molecule has 2 heterocycles. The van der Waals surface area contributed by atoms with Crippen molar-refractivity contribution in [3.8, 4) is 11.1 Å². The van der Waals surface area contributed by atoms with Gasteiger partial charge in [0.25, 0.3) is 0 Å². The van der Waals surface area contributed by atoms with Crippen molar-refractivity contribution in [1.82, 2.24) is 14.8 Å². The second kappa shape index (κ2) is 9.96. The summed E-state index contributed by atoms with van der Waals surface area (Å²) in [4.78, 5) is 36.7. The highest BCUT2D eigenvalue weighted by Crippen LogP contribution is 2.39. The number of rotatable bonds is 8. The van der Waals surface area contributed by atoms with Gasteiger partial charge in [-0.05, 0) is 12.5 Å². The largest absolute Gasteiger partial charge is 0.465 e. The second-order valence-electron chi connectivity index (χ2n) is 6.12. The molecule has 0 atom stereocenters. The predicted molar refractivity (Wildman–Crippen MR) is 119 cm³/mol. The van der Waals surface area contributed by atoms with Gasteiger partial charge in [-0.15, -0.1) is 16.4 Å². The summed E-state index contributed by atoms with van der Waals surface area (Å²) in [6.45, 7) is 2.46. The van der Waals surface area contributed by atoms with Gasteiger partial charge in [-0.2, -0.15) is 0 Å². The number of H-pyrrole nitrogens is 1. The monoisotopic (exact) mass is 466 g/mol. The van der Waals surface area contributed by atoms with Gasteiger partial charge in [-0.3, -0.25) is 9.36 Å². The Hall–Kier alpha value is -2.56. The number of nitrogens with zero attached hydrogens (tertiary/aromatic N) is 2.